The maximum absolute atomic E-state index is 12.5. The van der Waals surface area contributed by atoms with Crippen LogP contribution >= 0.6 is 11.3 Å². The van der Waals surface area contributed by atoms with Gasteiger partial charge in [0.25, 0.3) is 11.8 Å². The number of hydrazine groups is 1. The van der Waals surface area contributed by atoms with Crippen molar-refractivity contribution in [2.24, 2.45) is 0 Å². The number of nitrogens with one attached hydrogen (secondary N) is 2. The van der Waals surface area contributed by atoms with Gasteiger partial charge in [0.1, 0.15) is 0 Å². The molecule has 12 heteroatoms. The van der Waals surface area contributed by atoms with Gasteiger partial charge in [0, 0.05) is 30.1 Å². The van der Waals surface area contributed by atoms with Crippen molar-refractivity contribution in [3.8, 4) is 0 Å². The normalized spacial score (nSPS) is 14.6. The first-order chi connectivity index (χ1) is 13.3. The summed E-state index contributed by atoms with van der Waals surface area (Å²) in [6.45, 7) is 0.967. The van der Waals surface area contributed by atoms with E-state index in [4.69, 9.17) is 0 Å². The first-order valence-electron chi connectivity index (χ1n) is 8.23. The second-order valence-electron chi connectivity index (χ2n) is 5.97. The van der Waals surface area contributed by atoms with Gasteiger partial charge in [0.05, 0.1) is 15.4 Å². The Morgan fingerprint density at radius 2 is 1.61 bits per heavy atom. The van der Waals surface area contributed by atoms with Crippen molar-refractivity contribution >= 4 is 38.2 Å². The van der Waals surface area contributed by atoms with Gasteiger partial charge in [-0.05, 0) is 37.1 Å². The van der Waals surface area contributed by atoms with E-state index in [1.54, 1.807) is 0 Å². The lowest BCUT2D eigenvalue weighted by Crippen LogP contribution is -2.41. The number of thiophene rings is 1. The van der Waals surface area contributed by atoms with Gasteiger partial charge in [-0.3, -0.25) is 30.6 Å². The largest absolute Gasteiger partial charge is 0.324 e. The summed E-state index contributed by atoms with van der Waals surface area (Å²) in [7, 11) is -3.57. The van der Waals surface area contributed by atoms with Gasteiger partial charge in [0.2, 0.25) is 10.0 Å². The fraction of sp³-hybridized carbons (Fsp3) is 0.250. The quantitative estimate of drug-likeness (QED) is 0.551. The van der Waals surface area contributed by atoms with E-state index in [9.17, 15) is 28.1 Å². The van der Waals surface area contributed by atoms with E-state index in [-0.39, 0.29) is 21.0 Å². The van der Waals surface area contributed by atoms with Crippen molar-refractivity contribution < 1.29 is 22.9 Å². The minimum absolute atomic E-state index is 0.0454. The van der Waals surface area contributed by atoms with Crippen molar-refractivity contribution in [2.75, 3.05) is 13.1 Å². The molecule has 2 aromatic rings. The zero-order chi connectivity index (χ0) is 20.3. The van der Waals surface area contributed by atoms with Crippen LogP contribution in [0.2, 0.25) is 0 Å². The molecule has 0 unspecified atom stereocenters. The highest BCUT2D eigenvalue weighted by atomic mass is 32.2. The van der Waals surface area contributed by atoms with E-state index in [0.29, 0.717) is 13.1 Å². The molecule has 1 aliphatic heterocycles. The summed E-state index contributed by atoms with van der Waals surface area (Å²) in [5.41, 5.74) is 4.54. The topological polar surface area (TPSA) is 139 Å². The van der Waals surface area contributed by atoms with Gasteiger partial charge in [0.15, 0.2) is 0 Å². The summed E-state index contributed by atoms with van der Waals surface area (Å²) < 4.78 is 26.3. The van der Waals surface area contributed by atoms with Crippen LogP contribution in [0.1, 0.15) is 33.6 Å². The molecule has 10 nitrogen and oxygen atoms in total. The molecule has 1 saturated heterocycles. The molecule has 0 radical (unpaired) electrons. The minimum atomic E-state index is -3.57. The summed E-state index contributed by atoms with van der Waals surface area (Å²) in [4.78, 5) is 34.2. The summed E-state index contributed by atoms with van der Waals surface area (Å²) in [5, 5.41) is 11.8. The van der Waals surface area contributed by atoms with E-state index in [0.717, 1.165) is 30.2 Å². The molecule has 28 heavy (non-hydrogen) atoms. The number of hydrogen-bond donors (Lipinski definition) is 2. The van der Waals surface area contributed by atoms with E-state index in [1.807, 2.05) is 0 Å². The highest BCUT2D eigenvalue weighted by Gasteiger charge is 2.27. The predicted octanol–water partition coefficient (Wildman–Crippen LogP) is 1.52. The number of nitrogens with zero attached hydrogens (tertiary/aromatic N) is 2. The molecule has 0 aliphatic carbocycles. The van der Waals surface area contributed by atoms with Crippen molar-refractivity contribution in [3.63, 3.8) is 0 Å². The summed E-state index contributed by atoms with van der Waals surface area (Å²) in [5.74, 6) is -1.35. The number of nitro groups is 1. The fourth-order valence-corrected chi connectivity index (χ4v) is 4.87. The lowest BCUT2D eigenvalue weighted by Gasteiger charge is -2.15. The second kappa shape index (κ2) is 8.04. The Bertz CT molecular complexity index is 1010. The lowest BCUT2D eigenvalue weighted by atomic mass is 10.2. The second-order valence-corrected chi connectivity index (χ2v) is 8.80. The number of hydrogen-bond acceptors (Lipinski definition) is 7. The number of carbonyl (C=O) groups is 2. The zero-order valence-corrected chi connectivity index (χ0v) is 16.1. The monoisotopic (exact) mass is 424 g/mol. The van der Waals surface area contributed by atoms with Gasteiger partial charge in [-0.25, -0.2) is 8.42 Å². The SMILES string of the molecule is O=C(NNC(=O)c1csc([N+](=O)[O-])c1)c1ccc(S(=O)(=O)N2CCCC2)cc1. The molecule has 1 fully saturated rings. The molecule has 148 valence electrons. The molecular weight excluding hydrogens is 408 g/mol. The standard InChI is InChI=1S/C16H16N4O6S2/c21-15(17-18-16(22)12-9-14(20(23)24)27-10-12)11-3-5-13(6-4-11)28(25,26)19-7-1-2-8-19/h3-6,9-10H,1-2,7-8H2,(H,17,21)(H,18,22). The Kier molecular flexibility index (Phi) is 5.72. The Hall–Kier alpha value is -2.83. The Balaban J connectivity index is 1.61. The number of amides is 2. The summed E-state index contributed by atoms with van der Waals surface area (Å²) in [6.07, 6.45) is 1.65. The minimum Gasteiger partial charge on any atom is -0.267 e. The Labute approximate surface area is 164 Å². The highest BCUT2D eigenvalue weighted by Crippen LogP contribution is 2.22. The fourth-order valence-electron chi connectivity index (χ4n) is 2.65. The smallest absolute Gasteiger partial charge is 0.267 e. The van der Waals surface area contributed by atoms with Crippen LogP contribution in [0.3, 0.4) is 0 Å². The number of rotatable bonds is 5. The zero-order valence-electron chi connectivity index (χ0n) is 14.5. The summed E-state index contributed by atoms with van der Waals surface area (Å²) in [6, 6.07) is 6.48. The Morgan fingerprint density at radius 3 is 2.14 bits per heavy atom. The van der Waals surface area contributed by atoms with Crippen LogP contribution in [-0.4, -0.2) is 42.6 Å². The van der Waals surface area contributed by atoms with E-state index in [2.05, 4.69) is 10.9 Å². The van der Waals surface area contributed by atoms with Gasteiger partial charge >= 0.3 is 5.00 Å². The van der Waals surface area contributed by atoms with Gasteiger partial charge in [-0.15, -0.1) is 0 Å². The first kappa shape index (κ1) is 19.9. The molecule has 2 N–H and O–H groups in total. The average Bonchev–Trinajstić information content (AvgIpc) is 3.38. The first-order valence-corrected chi connectivity index (χ1v) is 10.5. The van der Waals surface area contributed by atoms with Gasteiger partial charge in [-0.2, -0.15) is 4.31 Å². The Morgan fingerprint density at radius 1 is 1.04 bits per heavy atom. The van der Waals surface area contributed by atoms with Crippen LogP contribution in [0.15, 0.2) is 40.6 Å². The molecule has 1 aliphatic rings. The molecule has 1 aromatic heterocycles. The van der Waals surface area contributed by atoms with Crippen LogP contribution < -0.4 is 10.9 Å². The molecule has 0 bridgehead atoms. The van der Waals surface area contributed by atoms with Crippen LogP contribution in [0.5, 0.6) is 0 Å². The van der Waals surface area contributed by atoms with Crippen molar-refractivity contribution in [1.82, 2.24) is 15.2 Å². The molecule has 2 amide bonds. The van der Waals surface area contributed by atoms with Crippen molar-refractivity contribution in [2.45, 2.75) is 17.7 Å². The number of sulfonamides is 1. The van der Waals surface area contributed by atoms with Crippen LogP contribution in [0.4, 0.5) is 5.00 Å². The third-order valence-electron chi connectivity index (χ3n) is 4.14. The third kappa shape index (κ3) is 4.18. The van der Waals surface area contributed by atoms with Gasteiger partial charge in [-0.1, -0.05) is 11.3 Å². The third-order valence-corrected chi connectivity index (χ3v) is 6.93. The molecule has 0 saturated carbocycles. The molecule has 0 atom stereocenters. The van der Waals surface area contributed by atoms with Crippen molar-refractivity contribution in [3.05, 3.63) is 57.0 Å². The van der Waals surface area contributed by atoms with Gasteiger partial charge < -0.3 is 0 Å². The molecular formula is C16H16N4O6S2. The van der Waals surface area contributed by atoms with E-state index in [1.165, 1.54) is 34.0 Å². The van der Waals surface area contributed by atoms with E-state index >= 15 is 0 Å². The number of benzene rings is 1. The highest BCUT2D eigenvalue weighted by molar-refractivity contribution is 7.89. The molecule has 1 aromatic carbocycles. The molecule has 2 heterocycles. The number of carbonyl (C=O) groups excluding carboxylic acids is 2. The predicted molar refractivity (Wildman–Crippen MR) is 100 cm³/mol. The summed E-state index contributed by atoms with van der Waals surface area (Å²) >= 11 is 0.797. The maximum atomic E-state index is 12.5. The molecule has 0 spiro atoms. The van der Waals surface area contributed by atoms with Crippen molar-refractivity contribution in [1.29, 1.82) is 0 Å². The van der Waals surface area contributed by atoms with Crippen LogP contribution in [0.25, 0.3) is 0 Å². The van der Waals surface area contributed by atoms with Crippen LogP contribution in [0, 0.1) is 10.1 Å². The molecule has 3 rings (SSSR count). The van der Waals surface area contributed by atoms with E-state index < -0.39 is 26.8 Å². The van der Waals surface area contributed by atoms with Crippen LogP contribution in [-0.2, 0) is 10.0 Å². The average molecular weight is 424 g/mol. The lowest BCUT2D eigenvalue weighted by molar-refractivity contribution is -0.380. The maximum Gasteiger partial charge on any atom is 0.324 e.